The monoisotopic (exact) mass is 378 g/mol. The molecule has 5 nitrogen and oxygen atoms in total. The Morgan fingerprint density at radius 3 is 2.29 bits per heavy atom. The van der Waals surface area contributed by atoms with Crippen LogP contribution in [0, 0.1) is 13.8 Å². The fourth-order valence-electron chi connectivity index (χ4n) is 4.23. The molecule has 0 saturated carbocycles. The van der Waals surface area contributed by atoms with Crippen molar-refractivity contribution in [2.24, 2.45) is 0 Å². The average molecular weight is 379 g/mol. The molecule has 2 aliphatic heterocycles. The van der Waals surface area contributed by atoms with Crippen molar-refractivity contribution >= 4 is 17.4 Å². The quantitative estimate of drug-likeness (QED) is 0.817. The predicted octanol–water partition coefficient (Wildman–Crippen LogP) is 3.65. The number of piperazine rings is 1. The van der Waals surface area contributed by atoms with Crippen LogP contribution >= 0.6 is 0 Å². The van der Waals surface area contributed by atoms with Crippen molar-refractivity contribution in [3.05, 3.63) is 53.2 Å². The van der Waals surface area contributed by atoms with Crippen molar-refractivity contribution in [2.75, 3.05) is 49.1 Å². The van der Waals surface area contributed by atoms with Gasteiger partial charge in [-0.3, -0.25) is 4.79 Å². The lowest BCUT2D eigenvalue weighted by molar-refractivity contribution is 0.0746. The standard InChI is InChI=1S/C23H30N4O/c1-18-7-6-8-21(19(18)2)25-13-15-27(16-14-25)23(28)20-9-10-22(24-17-20)26-11-4-3-5-12-26/h6-10,17H,3-5,11-16H2,1-2H3. The van der Waals surface area contributed by atoms with Crippen LogP contribution in [0.25, 0.3) is 0 Å². The first-order chi connectivity index (χ1) is 13.6. The fraction of sp³-hybridized carbons (Fsp3) is 0.478. The number of nitrogens with zero attached hydrogens (tertiary/aromatic N) is 4. The minimum absolute atomic E-state index is 0.0957. The molecule has 0 N–H and O–H groups in total. The van der Waals surface area contributed by atoms with Crippen LogP contribution < -0.4 is 9.80 Å². The minimum atomic E-state index is 0.0957. The van der Waals surface area contributed by atoms with Crippen LogP contribution in [0.3, 0.4) is 0 Å². The SMILES string of the molecule is Cc1cccc(N2CCN(C(=O)c3ccc(N4CCCCC4)nc3)CC2)c1C. The first-order valence-electron chi connectivity index (χ1n) is 10.4. The molecule has 0 radical (unpaired) electrons. The molecule has 28 heavy (non-hydrogen) atoms. The van der Waals surface area contributed by atoms with Gasteiger partial charge in [0.25, 0.3) is 5.91 Å². The molecule has 2 saturated heterocycles. The highest BCUT2D eigenvalue weighted by Gasteiger charge is 2.23. The third kappa shape index (κ3) is 3.84. The van der Waals surface area contributed by atoms with Crippen LogP contribution in [-0.2, 0) is 0 Å². The van der Waals surface area contributed by atoms with Crippen LogP contribution in [-0.4, -0.2) is 55.1 Å². The van der Waals surface area contributed by atoms with Crippen molar-refractivity contribution in [1.29, 1.82) is 0 Å². The highest BCUT2D eigenvalue weighted by atomic mass is 16.2. The van der Waals surface area contributed by atoms with E-state index in [4.69, 9.17) is 0 Å². The molecule has 1 aromatic heterocycles. The van der Waals surface area contributed by atoms with Gasteiger partial charge in [-0.2, -0.15) is 0 Å². The molecule has 2 aliphatic rings. The Labute approximate surface area is 168 Å². The van der Waals surface area contributed by atoms with Gasteiger partial charge in [-0.25, -0.2) is 4.98 Å². The summed E-state index contributed by atoms with van der Waals surface area (Å²) in [5.74, 6) is 1.09. The van der Waals surface area contributed by atoms with E-state index in [1.165, 1.54) is 36.1 Å². The van der Waals surface area contributed by atoms with Crippen LogP contribution in [0.15, 0.2) is 36.5 Å². The number of piperidine rings is 1. The van der Waals surface area contributed by atoms with Gasteiger partial charge in [-0.1, -0.05) is 12.1 Å². The number of hydrogen-bond acceptors (Lipinski definition) is 4. The Morgan fingerprint density at radius 2 is 1.61 bits per heavy atom. The minimum Gasteiger partial charge on any atom is -0.368 e. The van der Waals surface area contributed by atoms with Crippen LogP contribution in [0.4, 0.5) is 11.5 Å². The van der Waals surface area contributed by atoms with E-state index in [9.17, 15) is 4.79 Å². The van der Waals surface area contributed by atoms with Gasteiger partial charge in [0, 0.05) is 51.2 Å². The van der Waals surface area contributed by atoms with Crippen LogP contribution in [0.1, 0.15) is 40.7 Å². The topological polar surface area (TPSA) is 39.7 Å². The maximum Gasteiger partial charge on any atom is 0.255 e. The molecule has 1 amide bonds. The molecule has 0 spiro atoms. The van der Waals surface area contributed by atoms with Crippen molar-refractivity contribution in [1.82, 2.24) is 9.88 Å². The summed E-state index contributed by atoms with van der Waals surface area (Å²) < 4.78 is 0. The number of hydrogen-bond donors (Lipinski definition) is 0. The van der Waals surface area contributed by atoms with E-state index in [2.05, 4.69) is 46.8 Å². The summed E-state index contributed by atoms with van der Waals surface area (Å²) in [6.07, 6.45) is 5.52. The van der Waals surface area contributed by atoms with E-state index >= 15 is 0 Å². The largest absolute Gasteiger partial charge is 0.368 e. The molecule has 2 aromatic rings. The second-order valence-electron chi connectivity index (χ2n) is 7.95. The van der Waals surface area contributed by atoms with Crippen LogP contribution in [0.5, 0.6) is 0 Å². The lowest BCUT2D eigenvalue weighted by Crippen LogP contribution is -2.49. The summed E-state index contributed by atoms with van der Waals surface area (Å²) in [6, 6.07) is 10.4. The molecule has 0 unspecified atom stereocenters. The Balaban J connectivity index is 1.38. The normalized spacial score (nSPS) is 17.7. The Hall–Kier alpha value is -2.56. The number of carbonyl (C=O) groups is 1. The zero-order valence-corrected chi connectivity index (χ0v) is 17.0. The number of anilines is 2. The maximum absolute atomic E-state index is 12.9. The zero-order valence-electron chi connectivity index (χ0n) is 17.0. The first-order valence-corrected chi connectivity index (χ1v) is 10.4. The Kier molecular flexibility index (Phi) is 5.51. The highest BCUT2D eigenvalue weighted by Crippen LogP contribution is 2.24. The van der Waals surface area contributed by atoms with Crippen molar-refractivity contribution in [3.63, 3.8) is 0 Å². The molecule has 0 atom stereocenters. The second-order valence-corrected chi connectivity index (χ2v) is 7.95. The lowest BCUT2D eigenvalue weighted by Gasteiger charge is -2.37. The van der Waals surface area contributed by atoms with E-state index in [1.807, 2.05) is 17.0 Å². The maximum atomic E-state index is 12.9. The zero-order chi connectivity index (χ0) is 19.5. The fourth-order valence-corrected chi connectivity index (χ4v) is 4.23. The summed E-state index contributed by atoms with van der Waals surface area (Å²) in [7, 11) is 0. The number of pyridine rings is 1. The van der Waals surface area contributed by atoms with E-state index in [-0.39, 0.29) is 5.91 Å². The van der Waals surface area contributed by atoms with Gasteiger partial charge in [0.15, 0.2) is 0 Å². The summed E-state index contributed by atoms with van der Waals surface area (Å²) in [5.41, 5.74) is 4.64. The second kappa shape index (κ2) is 8.21. The molecular weight excluding hydrogens is 348 g/mol. The summed E-state index contributed by atoms with van der Waals surface area (Å²) >= 11 is 0. The van der Waals surface area contributed by atoms with Crippen LogP contribution in [0.2, 0.25) is 0 Å². The molecule has 4 rings (SSSR count). The number of benzene rings is 1. The molecule has 1 aromatic carbocycles. The van der Waals surface area contributed by atoms with E-state index in [0.717, 1.165) is 45.1 Å². The molecular formula is C23H30N4O. The van der Waals surface area contributed by atoms with Gasteiger partial charge >= 0.3 is 0 Å². The summed E-state index contributed by atoms with van der Waals surface area (Å²) in [4.78, 5) is 24.1. The van der Waals surface area contributed by atoms with Gasteiger partial charge in [-0.15, -0.1) is 0 Å². The Bertz CT molecular complexity index is 819. The number of carbonyl (C=O) groups excluding carboxylic acids is 1. The average Bonchev–Trinajstić information content (AvgIpc) is 2.76. The smallest absolute Gasteiger partial charge is 0.255 e. The molecule has 148 valence electrons. The first kappa shape index (κ1) is 18.8. The number of amides is 1. The summed E-state index contributed by atoms with van der Waals surface area (Å²) in [6.45, 7) is 9.71. The number of aromatic nitrogens is 1. The van der Waals surface area contributed by atoms with Gasteiger partial charge in [-0.05, 0) is 62.4 Å². The van der Waals surface area contributed by atoms with E-state index in [0.29, 0.717) is 5.56 Å². The third-order valence-electron chi connectivity index (χ3n) is 6.16. The molecule has 5 heteroatoms. The number of aryl methyl sites for hydroxylation is 1. The van der Waals surface area contributed by atoms with Crippen molar-refractivity contribution in [3.8, 4) is 0 Å². The highest BCUT2D eigenvalue weighted by molar-refractivity contribution is 5.94. The molecule has 0 bridgehead atoms. The van der Waals surface area contributed by atoms with Gasteiger partial charge in [0.2, 0.25) is 0 Å². The predicted molar refractivity (Wildman–Crippen MR) is 114 cm³/mol. The Morgan fingerprint density at radius 1 is 0.857 bits per heavy atom. The van der Waals surface area contributed by atoms with Gasteiger partial charge in [0.05, 0.1) is 5.56 Å². The molecule has 3 heterocycles. The molecule has 0 aliphatic carbocycles. The van der Waals surface area contributed by atoms with E-state index in [1.54, 1.807) is 6.20 Å². The van der Waals surface area contributed by atoms with Crippen molar-refractivity contribution < 1.29 is 4.79 Å². The van der Waals surface area contributed by atoms with E-state index < -0.39 is 0 Å². The lowest BCUT2D eigenvalue weighted by atomic mass is 10.1. The molecule has 2 fully saturated rings. The van der Waals surface area contributed by atoms with Gasteiger partial charge < -0.3 is 14.7 Å². The number of rotatable bonds is 3. The third-order valence-corrected chi connectivity index (χ3v) is 6.16. The van der Waals surface area contributed by atoms with Crippen molar-refractivity contribution in [2.45, 2.75) is 33.1 Å². The summed E-state index contributed by atoms with van der Waals surface area (Å²) in [5, 5.41) is 0. The van der Waals surface area contributed by atoms with Gasteiger partial charge in [0.1, 0.15) is 5.82 Å².